The maximum Gasteiger partial charge on any atom is 0.399 e. The minimum Gasteiger partial charge on any atom is -0.356 e. The number of hydrogen-bond acceptors (Lipinski definition) is 9. The third-order valence-electron chi connectivity index (χ3n) is 13.5. The third kappa shape index (κ3) is 13.1. The Labute approximate surface area is 440 Å². The number of piperidine rings is 1. The van der Waals surface area contributed by atoms with E-state index in [0.717, 1.165) is 77.6 Å². The molecule has 0 aliphatic carbocycles. The molecule has 0 spiro atoms. The number of rotatable bonds is 19. The summed E-state index contributed by atoms with van der Waals surface area (Å²) in [4.78, 5) is 116. The second-order valence-electron chi connectivity index (χ2n) is 19.9. The van der Waals surface area contributed by atoms with Crippen molar-refractivity contribution in [1.29, 1.82) is 0 Å². The summed E-state index contributed by atoms with van der Waals surface area (Å²) in [5.74, 6) is 3.70. The lowest BCUT2D eigenvalue weighted by atomic mass is 9.85. The van der Waals surface area contributed by atoms with E-state index in [2.05, 4.69) is 43.7 Å². The highest BCUT2D eigenvalue weighted by Crippen LogP contribution is 2.59. The van der Waals surface area contributed by atoms with Crippen molar-refractivity contribution in [2.45, 2.75) is 128 Å². The maximum atomic E-state index is 14.5. The topological polar surface area (TPSA) is 223 Å². The Balaban J connectivity index is 0.868. The highest BCUT2D eigenvalue weighted by atomic mass is 79.9. The van der Waals surface area contributed by atoms with Gasteiger partial charge in [0.25, 0.3) is 11.8 Å². The van der Waals surface area contributed by atoms with Crippen LogP contribution in [0.5, 0.6) is 0 Å². The van der Waals surface area contributed by atoms with E-state index < -0.39 is 60.1 Å². The van der Waals surface area contributed by atoms with Crippen molar-refractivity contribution in [1.82, 2.24) is 25.8 Å². The Morgan fingerprint density at radius 3 is 2.38 bits per heavy atom. The molecule has 5 N–H and O–H groups in total. The van der Waals surface area contributed by atoms with Crippen molar-refractivity contribution < 1.29 is 56.7 Å². The van der Waals surface area contributed by atoms with E-state index in [0.29, 0.717) is 48.2 Å². The average molecular weight is 1120 g/mol. The molecule has 2 fully saturated rings. The van der Waals surface area contributed by atoms with Gasteiger partial charge in [-0.3, -0.25) is 43.4 Å². The summed E-state index contributed by atoms with van der Waals surface area (Å²) in [7, 11) is -5.83. The van der Waals surface area contributed by atoms with Crippen LogP contribution in [-0.2, 0) is 40.7 Å². The Hall–Kier alpha value is -5.84. The molecule has 3 aromatic carbocycles. The lowest BCUT2D eigenvalue weighted by Crippen LogP contribution is -2.58. The number of nitrogens with zero attached hydrogens (tertiary/aromatic N) is 3. The molecular formula is C53H60BrF2N6O10PS. The van der Waals surface area contributed by atoms with Crippen LogP contribution in [0.1, 0.15) is 135 Å². The van der Waals surface area contributed by atoms with Crippen molar-refractivity contribution >= 4 is 92.0 Å². The van der Waals surface area contributed by atoms with E-state index in [1.807, 2.05) is 6.07 Å². The Bertz CT molecular complexity index is 2930. The van der Waals surface area contributed by atoms with Crippen molar-refractivity contribution in [3.05, 3.63) is 98.3 Å². The molecule has 3 atom stereocenters. The summed E-state index contributed by atoms with van der Waals surface area (Å²) >= 11 is 4.41. The summed E-state index contributed by atoms with van der Waals surface area (Å²) < 4.78 is 41.7. The van der Waals surface area contributed by atoms with E-state index in [9.17, 15) is 56.7 Å². The van der Waals surface area contributed by atoms with Crippen LogP contribution in [0.3, 0.4) is 0 Å². The minimum atomic E-state index is -5.83. The van der Waals surface area contributed by atoms with Gasteiger partial charge in [0.05, 0.1) is 4.88 Å². The van der Waals surface area contributed by atoms with Crippen LogP contribution in [-0.4, -0.2) is 98.7 Å². The van der Waals surface area contributed by atoms with Crippen molar-refractivity contribution in [2.75, 3.05) is 24.5 Å². The van der Waals surface area contributed by atoms with E-state index in [-0.39, 0.29) is 66.4 Å². The van der Waals surface area contributed by atoms with E-state index >= 15 is 0 Å². The largest absolute Gasteiger partial charge is 0.399 e. The molecule has 3 aliphatic rings. The molecule has 4 aromatic rings. The maximum absolute atomic E-state index is 14.5. The van der Waals surface area contributed by atoms with Crippen LogP contribution >= 0.6 is 34.9 Å². The van der Waals surface area contributed by atoms with Crippen molar-refractivity contribution in [2.24, 2.45) is 5.41 Å². The molecule has 0 bridgehead atoms. The Kier molecular flexibility index (Phi) is 18.0. The fourth-order valence-electron chi connectivity index (χ4n) is 9.42. The lowest BCUT2D eigenvalue weighted by molar-refractivity contribution is -0.141. The molecule has 4 heterocycles. The van der Waals surface area contributed by atoms with Gasteiger partial charge in [-0.15, -0.1) is 11.3 Å². The number of imide groups is 1. The van der Waals surface area contributed by atoms with Crippen molar-refractivity contribution in [3.8, 4) is 11.8 Å². The second-order valence-corrected chi connectivity index (χ2v) is 23.5. The molecule has 21 heteroatoms. The number of nitrogens with one attached hydrogen (secondary N) is 3. The van der Waals surface area contributed by atoms with E-state index in [1.54, 1.807) is 57.2 Å². The monoisotopic (exact) mass is 1120 g/mol. The van der Waals surface area contributed by atoms with Gasteiger partial charge < -0.3 is 35.1 Å². The first kappa shape index (κ1) is 55.9. The van der Waals surface area contributed by atoms with Crippen molar-refractivity contribution in [3.63, 3.8) is 0 Å². The lowest BCUT2D eigenvalue weighted by Gasteiger charge is -2.36. The third-order valence-corrected chi connectivity index (χ3v) is 16.1. The molecule has 1 aromatic heterocycles. The average Bonchev–Trinajstić information content (AvgIpc) is 4.10. The summed E-state index contributed by atoms with van der Waals surface area (Å²) in [6.45, 7) is 6.34. The van der Waals surface area contributed by atoms with Gasteiger partial charge in [0.2, 0.25) is 29.5 Å². The molecular weight excluding hydrogens is 1060 g/mol. The smallest absolute Gasteiger partial charge is 0.356 e. The minimum absolute atomic E-state index is 0.0119. The summed E-state index contributed by atoms with van der Waals surface area (Å²) in [5, 5.41) is 8.28. The van der Waals surface area contributed by atoms with Gasteiger partial charge in [-0.2, -0.15) is 8.78 Å². The molecule has 0 radical (unpaired) electrons. The Morgan fingerprint density at radius 2 is 1.68 bits per heavy atom. The van der Waals surface area contributed by atoms with Crippen LogP contribution in [0.25, 0.3) is 10.1 Å². The van der Waals surface area contributed by atoms with Crippen LogP contribution in [0.2, 0.25) is 0 Å². The van der Waals surface area contributed by atoms with Gasteiger partial charge in [-0.25, -0.2) is 0 Å². The number of alkyl halides is 2. The van der Waals surface area contributed by atoms with Gasteiger partial charge in [-0.1, -0.05) is 86.4 Å². The number of amides is 7. The number of halogens is 3. The number of carbonyl (C=O) groups is 7. The van der Waals surface area contributed by atoms with Gasteiger partial charge in [-0.05, 0) is 103 Å². The number of thiophene rings is 1. The van der Waals surface area contributed by atoms with Gasteiger partial charge in [0.1, 0.15) is 18.1 Å². The SMILES string of the molecule is CC(C)(C)C(NC(=O)c1cc2cc(C(F)(F)P(=O)(O)O)ccc2s1)C(=O)N1CCC[C@H]1C(=O)N(CCC(=O)NCCCCCCCCC#Cc1cccc2c1CN(C1CCC(=O)NC1=O)C2=O)c1ccc(Br)cc1. The highest BCUT2D eigenvalue weighted by Gasteiger charge is 2.50. The van der Waals surface area contributed by atoms with E-state index in [4.69, 9.17) is 0 Å². The Morgan fingerprint density at radius 1 is 0.959 bits per heavy atom. The molecule has 2 unspecified atom stereocenters. The van der Waals surface area contributed by atoms with E-state index in [1.165, 1.54) is 26.8 Å². The number of fused-ring (bicyclic) bond motifs is 2. The van der Waals surface area contributed by atoms with Gasteiger partial charge >= 0.3 is 13.3 Å². The number of unbranched alkanes of at least 4 members (excludes halogenated alkanes) is 6. The van der Waals surface area contributed by atoms with Crippen LogP contribution in [0.4, 0.5) is 14.5 Å². The fraction of sp³-hybridized carbons (Fsp3) is 0.453. The quantitative estimate of drug-likeness (QED) is 0.0263. The molecule has 2 saturated heterocycles. The second kappa shape index (κ2) is 23.8. The molecule has 394 valence electrons. The number of carbonyl (C=O) groups excluding carboxylic acids is 7. The zero-order valence-electron chi connectivity index (χ0n) is 41.4. The molecule has 0 saturated carbocycles. The first-order chi connectivity index (χ1) is 35.0. The highest BCUT2D eigenvalue weighted by molar-refractivity contribution is 9.10. The molecule has 74 heavy (non-hydrogen) atoms. The first-order valence-corrected chi connectivity index (χ1v) is 28.0. The zero-order valence-corrected chi connectivity index (χ0v) is 44.7. The van der Waals surface area contributed by atoms with Crippen LogP contribution in [0.15, 0.2) is 71.2 Å². The van der Waals surface area contributed by atoms with Crippen LogP contribution in [0, 0.1) is 17.3 Å². The van der Waals surface area contributed by atoms with Crippen LogP contribution < -0.4 is 20.9 Å². The predicted molar refractivity (Wildman–Crippen MR) is 279 cm³/mol. The number of anilines is 1. The summed E-state index contributed by atoms with van der Waals surface area (Å²) in [5.41, 5.74) is -3.53. The first-order valence-electron chi connectivity index (χ1n) is 24.7. The number of likely N-dealkylation sites (tertiary alicyclic amines) is 1. The molecule has 3 aliphatic heterocycles. The predicted octanol–water partition coefficient (Wildman–Crippen LogP) is 8.11. The number of hydrogen-bond donors (Lipinski definition) is 5. The molecule has 7 amide bonds. The normalized spacial score (nSPS) is 17.4. The summed E-state index contributed by atoms with van der Waals surface area (Å²) in [6, 6.07) is 14.2. The fourth-order valence-corrected chi connectivity index (χ4v) is 11.1. The molecule has 7 rings (SSSR count). The molecule has 16 nitrogen and oxygen atoms in total. The zero-order chi connectivity index (χ0) is 53.5. The van der Waals surface area contributed by atoms with Gasteiger partial charge in [0.15, 0.2) is 0 Å². The van der Waals surface area contributed by atoms with Gasteiger partial charge in [0, 0.05) is 77.0 Å². The standard InChI is InChI=1S/C53H60BrF2N6O10PS/c1-52(2,3)46(59-48(66)43-31-34-30-35(18-24-42(34)74-43)53(55,56)73(70,71)72)51(69)61-28-13-17-41(61)50(68)60(37-21-19-36(54)20-22-37)29-26-44(63)57-27-11-9-7-5-4-6-8-10-14-33-15-12-16-38-39(33)32-62(49(38)67)40-23-25-45(64)58-47(40)65/h12,15-16,18-22,24,30-31,40-41,46H,4-9,11,13,17,23,25-29,32H2,1-3H3,(H,57,63)(H,59,66)(H,58,64,65)(H2,70,71,72)/t40?,41-,46?/m0/s1. The summed E-state index contributed by atoms with van der Waals surface area (Å²) in [6.07, 6.45) is 7.64. The number of benzene rings is 3.